The van der Waals surface area contributed by atoms with Gasteiger partial charge in [0.15, 0.2) is 0 Å². The molecule has 2 nitrogen and oxygen atoms in total. The van der Waals surface area contributed by atoms with E-state index in [9.17, 15) is 4.79 Å². The zero-order chi connectivity index (χ0) is 11.0. The Morgan fingerprint density at radius 1 is 1.53 bits per heavy atom. The van der Waals surface area contributed by atoms with Gasteiger partial charge < -0.3 is 4.90 Å². The monoisotopic (exact) mass is 379 g/mol. The summed E-state index contributed by atoms with van der Waals surface area (Å²) >= 11 is 5.77. The highest BCUT2D eigenvalue weighted by Gasteiger charge is 2.29. The standard InChI is InChI=1S/C11H11BrINO/c1-7-2-3-9(13)5-10(7)14-6-8(12)4-11(14)15/h2-3,5,8H,4,6H2,1H3. The molecule has 0 N–H and O–H groups in total. The number of rotatable bonds is 1. The Labute approximate surface area is 111 Å². The van der Waals surface area contributed by atoms with Gasteiger partial charge in [-0.05, 0) is 47.2 Å². The van der Waals surface area contributed by atoms with Crippen molar-refractivity contribution >= 4 is 50.1 Å². The average molecular weight is 380 g/mol. The van der Waals surface area contributed by atoms with E-state index in [1.807, 2.05) is 11.8 Å². The number of nitrogens with zero attached hydrogens (tertiary/aromatic N) is 1. The first-order valence-electron chi connectivity index (χ1n) is 4.78. The van der Waals surface area contributed by atoms with E-state index < -0.39 is 0 Å². The fourth-order valence-electron chi connectivity index (χ4n) is 1.77. The first kappa shape index (κ1) is 11.4. The Morgan fingerprint density at radius 3 is 2.87 bits per heavy atom. The number of hydrogen-bond donors (Lipinski definition) is 0. The van der Waals surface area contributed by atoms with Crippen LogP contribution in [0.3, 0.4) is 0 Å². The Bertz CT molecular complexity index is 408. The molecule has 0 radical (unpaired) electrons. The van der Waals surface area contributed by atoms with E-state index in [0.717, 1.165) is 17.8 Å². The molecule has 0 spiro atoms. The van der Waals surface area contributed by atoms with Crippen molar-refractivity contribution in [3.05, 3.63) is 27.3 Å². The summed E-state index contributed by atoms with van der Waals surface area (Å²) in [6, 6.07) is 6.19. The molecule has 1 heterocycles. The second-order valence-corrected chi connectivity index (χ2v) is 6.28. The molecule has 0 bridgehead atoms. The summed E-state index contributed by atoms with van der Waals surface area (Å²) in [4.78, 5) is 13.9. The number of aryl methyl sites for hydroxylation is 1. The number of carbonyl (C=O) groups is 1. The molecule has 1 aromatic carbocycles. The molecular formula is C11H11BrINO. The number of carbonyl (C=O) groups excluding carboxylic acids is 1. The highest BCUT2D eigenvalue weighted by Crippen LogP contribution is 2.29. The van der Waals surface area contributed by atoms with Crippen LogP contribution in [0.25, 0.3) is 0 Å². The maximum atomic E-state index is 11.7. The van der Waals surface area contributed by atoms with Crippen LogP contribution in [0.2, 0.25) is 0 Å². The predicted octanol–water partition coefficient (Wildman–Crippen LogP) is 3.10. The van der Waals surface area contributed by atoms with Crippen LogP contribution < -0.4 is 4.90 Å². The lowest BCUT2D eigenvalue weighted by Crippen LogP contribution is -2.25. The van der Waals surface area contributed by atoms with E-state index in [2.05, 4.69) is 56.7 Å². The van der Waals surface area contributed by atoms with Crippen molar-refractivity contribution in [1.82, 2.24) is 0 Å². The van der Waals surface area contributed by atoms with Crippen LogP contribution in [0.15, 0.2) is 18.2 Å². The van der Waals surface area contributed by atoms with Crippen molar-refractivity contribution in [2.24, 2.45) is 0 Å². The van der Waals surface area contributed by atoms with Gasteiger partial charge in [0.1, 0.15) is 0 Å². The van der Waals surface area contributed by atoms with Gasteiger partial charge >= 0.3 is 0 Å². The molecule has 1 aliphatic heterocycles. The highest BCUT2D eigenvalue weighted by atomic mass is 127. The molecule has 0 saturated carbocycles. The van der Waals surface area contributed by atoms with E-state index in [4.69, 9.17) is 0 Å². The summed E-state index contributed by atoms with van der Waals surface area (Å²) in [7, 11) is 0. The third kappa shape index (κ3) is 2.36. The normalized spacial score (nSPS) is 21.1. The SMILES string of the molecule is Cc1ccc(I)cc1N1CC(Br)CC1=O. The van der Waals surface area contributed by atoms with Crippen molar-refractivity contribution in [2.75, 3.05) is 11.4 Å². The minimum absolute atomic E-state index is 0.210. The van der Waals surface area contributed by atoms with E-state index in [1.54, 1.807) is 0 Å². The molecule has 1 atom stereocenters. The summed E-state index contributed by atoms with van der Waals surface area (Å²) < 4.78 is 1.17. The molecule has 80 valence electrons. The van der Waals surface area contributed by atoms with Gasteiger partial charge in [-0.15, -0.1) is 0 Å². The molecule has 2 rings (SSSR count). The second kappa shape index (κ2) is 4.41. The second-order valence-electron chi connectivity index (χ2n) is 3.74. The summed E-state index contributed by atoms with van der Waals surface area (Å²) in [5.41, 5.74) is 2.21. The molecule has 1 amide bonds. The number of alkyl halides is 1. The minimum Gasteiger partial charge on any atom is -0.311 e. The van der Waals surface area contributed by atoms with Crippen molar-refractivity contribution in [1.29, 1.82) is 0 Å². The van der Waals surface area contributed by atoms with E-state index in [1.165, 1.54) is 3.57 Å². The van der Waals surface area contributed by atoms with Crippen LogP contribution >= 0.6 is 38.5 Å². The molecule has 0 aromatic heterocycles. The van der Waals surface area contributed by atoms with E-state index in [0.29, 0.717) is 11.2 Å². The number of benzene rings is 1. The summed E-state index contributed by atoms with van der Waals surface area (Å²) in [6.07, 6.45) is 0.602. The van der Waals surface area contributed by atoms with Gasteiger partial charge in [0.2, 0.25) is 5.91 Å². The van der Waals surface area contributed by atoms with Crippen LogP contribution in [-0.2, 0) is 4.79 Å². The van der Waals surface area contributed by atoms with Crippen LogP contribution in [0.4, 0.5) is 5.69 Å². The Morgan fingerprint density at radius 2 is 2.27 bits per heavy atom. The number of anilines is 1. The van der Waals surface area contributed by atoms with Gasteiger partial charge in [-0.1, -0.05) is 22.0 Å². The van der Waals surface area contributed by atoms with Gasteiger partial charge in [0.25, 0.3) is 0 Å². The van der Waals surface area contributed by atoms with Crippen LogP contribution in [0.5, 0.6) is 0 Å². The van der Waals surface area contributed by atoms with Crippen molar-refractivity contribution in [3.8, 4) is 0 Å². The zero-order valence-electron chi connectivity index (χ0n) is 8.34. The Kier molecular flexibility index (Phi) is 3.35. The molecule has 15 heavy (non-hydrogen) atoms. The minimum atomic E-state index is 0.210. The smallest absolute Gasteiger partial charge is 0.228 e. The lowest BCUT2D eigenvalue weighted by atomic mass is 10.2. The zero-order valence-corrected chi connectivity index (χ0v) is 12.1. The molecular weight excluding hydrogens is 369 g/mol. The number of halogens is 2. The lowest BCUT2D eigenvalue weighted by Gasteiger charge is -2.18. The first-order chi connectivity index (χ1) is 7.08. The van der Waals surface area contributed by atoms with Crippen molar-refractivity contribution in [2.45, 2.75) is 18.2 Å². The largest absolute Gasteiger partial charge is 0.311 e. The molecule has 0 aliphatic carbocycles. The van der Waals surface area contributed by atoms with Gasteiger partial charge in [0.05, 0.1) is 0 Å². The molecule has 1 aromatic rings. The predicted molar refractivity (Wildman–Crippen MR) is 73.6 cm³/mol. The third-order valence-corrected chi connectivity index (χ3v) is 3.82. The molecule has 1 fully saturated rings. The maximum absolute atomic E-state index is 11.7. The Hall–Kier alpha value is -0.100. The summed E-state index contributed by atoms with van der Waals surface area (Å²) in [6.45, 7) is 2.82. The maximum Gasteiger partial charge on any atom is 0.228 e. The molecule has 1 saturated heterocycles. The number of amides is 1. The van der Waals surface area contributed by atoms with Gasteiger partial charge in [-0.25, -0.2) is 0 Å². The van der Waals surface area contributed by atoms with Gasteiger partial charge in [-0.3, -0.25) is 4.79 Å². The highest BCUT2D eigenvalue weighted by molar-refractivity contribution is 14.1. The first-order valence-corrected chi connectivity index (χ1v) is 6.78. The van der Waals surface area contributed by atoms with Crippen LogP contribution in [0, 0.1) is 10.5 Å². The van der Waals surface area contributed by atoms with Crippen molar-refractivity contribution in [3.63, 3.8) is 0 Å². The van der Waals surface area contributed by atoms with E-state index >= 15 is 0 Å². The van der Waals surface area contributed by atoms with Crippen LogP contribution in [0.1, 0.15) is 12.0 Å². The molecule has 1 aliphatic rings. The summed E-state index contributed by atoms with van der Waals surface area (Å²) in [5, 5.41) is 0. The fraction of sp³-hybridized carbons (Fsp3) is 0.364. The Balaban J connectivity index is 2.37. The third-order valence-electron chi connectivity index (χ3n) is 2.54. The quantitative estimate of drug-likeness (QED) is 0.542. The number of hydrogen-bond acceptors (Lipinski definition) is 1. The van der Waals surface area contributed by atoms with Gasteiger partial charge in [-0.2, -0.15) is 0 Å². The topological polar surface area (TPSA) is 20.3 Å². The van der Waals surface area contributed by atoms with Crippen molar-refractivity contribution < 1.29 is 4.79 Å². The summed E-state index contributed by atoms with van der Waals surface area (Å²) in [5.74, 6) is 0.210. The average Bonchev–Trinajstić information content (AvgIpc) is 2.50. The van der Waals surface area contributed by atoms with Gasteiger partial charge in [0, 0.05) is 27.1 Å². The fourth-order valence-corrected chi connectivity index (χ4v) is 2.81. The lowest BCUT2D eigenvalue weighted by molar-refractivity contribution is -0.117. The molecule has 4 heteroatoms. The van der Waals surface area contributed by atoms with Crippen LogP contribution in [-0.4, -0.2) is 17.3 Å². The van der Waals surface area contributed by atoms with E-state index in [-0.39, 0.29) is 5.91 Å². The molecule has 1 unspecified atom stereocenters.